The SMILES string of the molecule is Cc1cccnc1-c1ccccc1.Cc1cccnc1-c1ccccc1.Cc1cccnc1-c1ccccc1.[Ir+3]. The van der Waals surface area contributed by atoms with Crippen LogP contribution >= 0.6 is 0 Å². The van der Waals surface area contributed by atoms with Gasteiger partial charge in [-0.3, -0.25) is 15.0 Å². The standard InChI is InChI=1S/3C12H11N.Ir/c3*1-10-6-5-9-13-12(10)11-7-3-2-4-8-11;/h3*2-9H,1H3;/q;;;+3. The average Bonchev–Trinajstić information content (AvgIpc) is 3.00. The van der Waals surface area contributed by atoms with E-state index < -0.39 is 0 Å². The molecule has 0 radical (unpaired) electrons. The maximum atomic E-state index is 4.35. The van der Waals surface area contributed by atoms with Crippen LogP contribution in [0.3, 0.4) is 0 Å². The van der Waals surface area contributed by atoms with Gasteiger partial charge in [0.2, 0.25) is 0 Å². The summed E-state index contributed by atoms with van der Waals surface area (Å²) in [4.78, 5) is 13.0. The second-order valence-electron chi connectivity index (χ2n) is 9.10. The fraction of sp³-hybridized carbons (Fsp3) is 0.0833. The smallest absolute Gasteiger partial charge is 0.256 e. The van der Waals surface area contributed by atoms with Gasteiger partial charge in [-0.05, 0) is 55.7 Å². The van der Waals surface area contributed by atoms with E-state index in [2.05, 4.69) is 90.3 Å². The van der Waals surface area contributed by atoms with Crippen molar-refractivity contribution in [3.05, 3.63) is 163 Å². The normalized spacial score (nSPS) is 9.68. The van der Waals surface area contributed by atoms with Crippen molar-refractivity contribution < 1.29 is 20.1 Å². The van der Waals surface area contributed by atoms with Crippen LogP contribution in [0.2, 0.25) is 0 Å². The number of rotatable bonds is 3. The minimum Gasteiger partial charge on any atom is -0.256 e. The summed E-state index contributed by atoms with van der Waals surface area (Å²) in [5, 5.41) is 0. The molecule has 0 fully saturated rings. The van der Waals surface area contributed by atoms with Gasteiger partial charge in [-0.25, -0.2) is 0 Å². The van der Waals surface area contributed by atoms with Crippen molar-refractivity contribution in [1.82, 2.24) is 15.0 Å². The molecule has 40 heavy (non-hydrogen) atoms. The fourth-order valence-electron chi connectivity index (χ4n) is 4.15. The first-order valence-electron chi connectivity index (χ1n) is 13.0. The Kier molecular flexibility index (Phi) is 12.1. The third kappa shape index (κ3) is 8.64. The molecule has 0 aliphatic heterocycles. The quantitative estimate of drug-likeness (QED) is 0.185. The maximum Gasteiger partial charge on any atom is 3.00 e. The second-order valence-corrected chi connectivity index (χ2v) is 9.10. The molecule has 3 aromatic heterocycles. The molecule has 0 atom stereocenters. The Hall–Kier alpha value is -4.24. The van der Waals surface area contributed by atoms with Gasteiger partial charge in [0.25, 0.3) is 0 Å². The molecular weight excluding hydrogens is 667 g/mol. The van der Waals surface area contributed by atoms with Crippen molar-refractivity contribution >= 4 is 0 Å². The van der Waals surface area contributed by atoms with Crippen molar-refractivity contribution in [2.24, 2.45) is 0 Å². The minimum absolute atomic E-state index is 0. The molecule has 0 unspecified atom stereocenters. The number of aromatic nitrogens is 3. The van der Waals surface area contributed by atoms with E-state index in [0.717, 1.165) is 17.1 Å². The molecule has 0 amide bonds. The van der Waals surface area contributed by atoms with E-state index in [-0.39, 0.29) is 20.1 Å². The molecule has 198 valence electrons. The van der Waals surface area contributed by atoms with Gasteiger partial charge in [0.1, 0.15) is 0 Å². The predicted molar refractivity (Wildman–Crippen MR) is 163 cm³/mol. The van der Waals surface area contributed by atoms with Gasteiger partial charge in [0.15, 0.2) is 0 Å². The Labute approximate surface area is 251 Å². The zero-order chi connectivity index (χ0) is 27.3. The first-order chi connectivity index (χ1) is 19.1. The Balaban J connectivity index is 0.000000163. The van der Waals surface area contributed by atoms with Crippen LogP contribution in [0.4, 0.5) is 0 Å². The van der Waals surface area contributed by atoms with Crippen LogP contribution in [0.5, 0.6) is 0 Å². The Morgan fingerprint density at radius 3 is 0.800 bits per heavy atom. The van der Waals surface area contributed by atoms with Crippen molar-refractivity contribution in [1.29, 1.82) is 0 Å². The van der Waals surface area contributed by atoms with Gasteiger partial charge in [-0.2, -0.15) is 0 Å². The first kappa shape index (κ1) is 30.3. The number of benzene rings is 3. The summed E-state index contributed by atoms with van der Waals surface area (Å²) in [6, 6.07) is 42.8. The molecule has 0 spiro atoms. The summed E-state index contributed by atoms with van der Waals surface area (Å²) in [6.45, 7) is 6.24. The molecule has 3 aromatic carbocycles. The van der Waals surface area contributed by atoms with E-state index in [9.17, 15) is 0 Å². The van der Waals surface area contributed by atoms with E-state index in [4.69, 9.17) is 0 Å². The Morgan fingerprint density at radius 1 is 0.325 bits per heavy atom. The van der Waals surface area contributed by atoms with Crippen molar-refractivity contribution in [2.75, 3.05) is 0 Å². The van der Waals surface area contributed by atoms with Crippen molar-refractivity contribution in [3.8, 4) is 33.8 Å². The van der Waals surface area contributed by atoms with Crippen LogP contribution in [0, 0.1) is 20.8 Å². The first-order valence-corrected chi connectivity index (χ1v) is 13.0. The minimum atomic E-state index is 0. The van der Waals surface area contributed by atoms with E-state index in [1.165, 1.54) is 33.4 Å². The molecule has 6 rings (SSSR count). The number of hydrogen-bond acceptors (Lipinski definition) is 3. The molecule has 4 heteroatoms. The largest absolute Gasteiger partial charge is 3.00 e. The molecule has 0 aliphatic rings. The van der Waals surface area contributed by atoms with E-state index >= 15 is 0 Å². The zero-order valence-corrected chi connectivity index (χ0v) is 25.4. The van der Waals surface area contributed by atoms with Crippen LogP contribution < -0.4 is 0 Å². The van der Waals surface area contributed by atoms with Gasteiger partial charge in [0, 0.05) is 35.3 Å². The molecule has 0 N–H and O–H groups in total. The molecular formula is C36H33IrN3+3. The fourth-order valence-corrected chi connectivity index (χ4v) is 4.15. The summed E-state index contributed by atoms with van der Waals surface area (Å²) >= 11 is 0. The van der Waals surface area contributed by atoms with Crippen LogP contribution in [0.1, 0.15) is 16.7 Å². The Morgan fingerprint density at radius 2 is 0.575 bits per heavy atom. The summed E-state index contributed by atoms with van der Waals surface area (Å²) in [6.07, 6.45) is 5.49. The third-order valence-corrected chi connectivity index (χ3v) is 6.17. The number of pyridine rings is 3. The van der Waals surface area contributed by atoms with Crippen LogP contribution in [-0.2, 0) is 20.1 Å². The molecule has 0 bridgehead atoms. The number of aryl methyl sites for hydroxylation is 3. The second kappa shape index (κ2) is 16.0. The van der Waals surface area contributed by atoms with Crippen LogP contribution in [-0.4, -0.2) is 15.0 Å². The van der Waals surface area contributed by atoms with Gasteiger partial charge in [0.05, 0.1) is 17.1 Å². The van der Waals surface area contributed by atoms with Gasteiger partial charge < -0.3 is 0 Å². The average molecular weight is 700 g/mol. The summed E-state index contributed by atoms with van der Waals surface area (Å²) < 4.78 is 0. The maximum absolute atomic E-state index is 4.35. The van der Waals surface area contributed by atoms with Gasteiger partial charge >= 0.3 is 20.1 Å². The third-order valence-electron chi connectivity index (χ3n) is 6.17. The van der Waals surface area contributed by atoms with E-state index in [1.54, 1.807) is 0 Å². The van der Waals surface area contributed by atoms with E-state index in [0.29, 0.717) is 0 Å². The Bertz CT molecular complexity index is 1380. The number of nitrogens with zero attached hydrogens (tertiary/aromatic N) is 3. The molecule has 3 heterocycles. The molecule has 0 saturated carbocycles. The zero-order valence-electron chi connectivity index (χ0n) is 23.0. The van der Waals surface area contributed by atoms with Crippen molar-refractivity contribution in [2.45, 2.75) is 20.8 Å². The summed E-state index contributed by atoms with van der Waals surface area (Å²) in [5.74, 6) is 0. The molecule has 0 aliphatic carbocycles. The molecule has 3 nitrogen and oxygen atoms in total. The molecule has 0 saturated heterocycles. The van der Waals surface area contributed by atoms with E-state index in [1.807, 2.05) is 91.4 Å². The van der Waals surface area contributed by atoms with Crippen LogP contribution in [0.15, 0.2) is 146 Å². The van der Waals surface area contributed by atoms with Crippen LogP contribution in [0.25, 0.3) is 33.8 Å². The van der Waals surface area contributed by atoms with Gasteiger partial charge in [-0.15, -0.1) is 0 Å². The summed E-state index contributed by atoms with van der Waals surface area (Å²) in [7, 11) is 0. The predicted octanol–water partition coefficient (Wildman–Crippen LogP) is 9.17. The number of hydrogen-bond donors (Lipinski definition) is 0. The molecule has 6 aromatic rings. The topological polar surface area (TPSA) is 38.7 Å². The van der Waals surface area contributed by atoms with Crippen molar-refractivity contribution in [3.63, 3.8) is 0 Å². The summed E-state index contributed by atoms with van der Waals surface area (Å²) in [5.41, 5.74) is 10.4. The van der Waals surface area contributed by atoms with Gasteiger partial charge in [-0.1, -0.05) is 109 Å². The monoisotopic (exact) mass is 700 g/mol.